The largest absolute Gasteiger partial charge is 0.334 e. The Hall–Kier alpha value is -2.93. The van der Waals surface area contributed by atoms with Gasteiger partial charge in [0.1, 0.15) is 5.69 Å². The van der Waals surface area contributed by atoms with Crippen LogP contribution in [0.4, 0.5) is 0 Å². The molecule has 154 valence electrons. The van der Waals surface area contributed by atoms with E-state index in [1.54, 1.807) is 6.20 Å². The number of hydrogen-bond donors (Lipinski definition) is 0. The monoisotopic (exact) mass is 419 g/mol. The van der Waals surface area contributed by atoms with Crippen LogP contribution >= 0.6 is 11.3 Å². The lowest BCUT2D eigenvalue weighted by Gasteiger charge is -2.35. The van der Waals surface area contributed by atoms with E-state index in [-0.39, 0.29) is 11.9 Å². The summed E-state index contributed by atoms with van der Waals surface area (Å²) >= 11 is 1.53. The topological polar surface area (TPSA) is 55.4 Å². The Morgan fingerprint density at radius 1 is 1.23 bits per heavy atom. The fourth-order valence-corrected chi connectivity index (χ4v) is 5.08. The SMILES string of the molecule is Cc1ccc(-c2cn3c(C(=O)N4CCCCC4CCn4cccn4)csc3n2)cc1. The summed E-state index contributed by atoms with van der Waals surface area (Å²) in [6, 6.07) is 10.5. The van der Waals surface area contributed by atoms with Crippen LogP contribution in [0, 0.1) is 6.92 Å². The number of rotatable bonds is 5. The Morgan fingerprint density at radius 2 is 2.10 bits per heavy atom. The van der Waals surface area contributed by atoms with Crippen molar-refractivity contribution < 1.29 is 4.79 Å². The van der Waals surface area contributed by atoms with Crippen molar-refractivity contribution in [3.05, 3.63) is 65.6 Å². The third kappa shape index (κ3) is 3.65. The second kappa shape index (κ2) is 8.07. The Morgan fingerprint density at radius 3 is 2.90 bits per heavy atom. The molecule has 7 heteroatoms. The number of imidazole rings is 1. The maximum atomic E-state index is 13.5. The molecule has 0 saturated carbocycles. The van der Waals surface area contributed by atoms with Crippen LogP contribution in [0.25, 0.3) is 16.2 Å². The maximum absolute atomic E-state index is 13.5. The van der Waals surface area contributed by atoms with Crippen LogP contribution < -0.4 is 0 Å². The lowest BCUT2D eigenvalue weighted by atomic mass is 9.99. The molecule has 1 saturated heterocycles. The van der Waals surface area contributed by atoms with Crippen molar-refractivity contribution in [1.82, 2.24) is 24.1 Å². The normalized spacial score (nSPS) is 17.0. The predicted molar refractivity (Wildman–Crippen MR) is 119 cm³/mol. The molecule has 1 fully saturated rings. The summed E-state index contributed by atoms with van der Waals surface area (Å²) in [6.45, 7) is 3.73. The van der Waals surface area contributed by atoms with E-state index in [0.29, 0.717) is 5.69 Å². The van der Waals surface area contributed by atoms with E-state index in [9.17, 15) is 4.79 Å². The molecule has 1 aromatic carbocycles. The molecule has 0 bridgehead atoms. The van der Waals surface area contributed by atoms with E-state index in [0.717, 1.165) is 48.6 Å². The van der Waals surface area contributed by atoms with Crippen molar-refractivity contribution in [2.24, 2.45) is 0 Å². The van der Waals surface area contributed by atoms with Gasteiger partial charge in [0.15, 0.2) is 4.96 Å². The summed E-state index contributed by atoms with van der Waals surface area (Å²) in [6.07, 6.45) is 10.0. The zero-order valence-corrected chi connectivity index (χ0v) is 17.9. The first-order chi connectivity index (χ1) is 14.7. The maximum Gasteiger partial charge on any atom is 0.271 e. The molecule has 6 nitrogen and oxygen atoms in total. The molecule has 3 aromatic heterocycles. The predicted octanol–water partition coefficient (Wildman–Crippen LogP) is 4.65. The zero-order valence-electron chi connectivity index (χ0n) is 17.1. The Balaban J connectivity index is 1.39. The van der Waals surface area contributed by atoms with Crippen LogP contribution in [-0.4, -0.2) is 42.6 Å². The fourth-order valence-electron chi connectivity index (χ4n) is 4.23. The number of aromatic nitrogens is 4. The number of thiazole rings is 1. The number of nitrogens with zero attached hydrogens (tertiary/aromatic N) is 5. The average Bonchev–Trinajstić information content (AvgIpc) is 3.50. The smallest absolute Gasteiger partial charge is 0.271 e. The molecule has 4 heterocycles. The quantitative estimate of drug-likeness (QED) is 0.473. The zero-order chi connectivity index (χ0) is 20.5. The molecule has 5 rings (SSSR count). The highest BCUT2D eigenvalue weighted by Gasteiger charge is 2.29. The van der Waals surface area contributed by atoms with Crippen LogP contribution in [0.1, 0.15) is 41.7 Å². The van der Waals surface area contributed by atoms with E-state index < -0.39 is 0 Å². The first-order valence-electron chi connectivity index (χ1n) is 10.5. The summed E-state index contributed by atoms with van der Waals surface area (Å²) < 4.78 is 3.91. The first-order valence-corrected chi connectivity index (χ1v) is 11.4. The molecular weight excluding hydrogens is 394 g/mol. The van der Waals surface area contributed by atoms with Gasteiger partial charge >= 0.3 is 0 Å². The summed E-state index contributed by atoms with van der Waals surface area (Å²) in [4.78, 5) is 21.2. The summed E-state index contributed by atoms with van der Waals surface area (Å²) in [5, 5.41) is 6.25. The van der Waals surface area contributed by atoms with Gasteiger partial charge < -0.3 is 4.90 Å². The number of likely N-dealkylation sites (tertiary alicyclic amines) is 1. The second-order valence-corrected chi connectivity index (χ2v) is 8.81. The number of benzene rings is 1. The van der Waals surface area contributed by atoms with Crippen molar-refractivity contribution in [3.63, 3.8) is 0 Å². The van der Waals surface area contributed by atoms with Crippen LogP contribution in [0.3, 0.4) is 0 Å². The highest BCUT2D eigenvalue weighted by molar-refractivity contribution is 7.15. The van der Waals surface area contributed by atoms with E-state index >= 15 is 0 Å². The molecule has 4 aromatic rings. The number of carbonyl (C=O) groups is 1. The lowest BCUT2D eigenvalue weighted by Crippen LogP contribution is -2.44. The van der Waals surface area contributed by atoms with Gasteiger partial charge in [-0.1, -0.05) is 29.8 Å². The Bertz CT molecular complexity index is 1140. The van der Waals surface area contributed by atoms with Gasteiger partial charge in [0.05, 0.1) is 5.69 Å². The van der Waals surface area contributed by atoms with Crippen LogP contribution in [0.5, 0.6) is 0 Å². The third-order valence-corrected chi connectivity index (χ3v) is 6.75. The summed E-state index contributed by atoms with van der Waals surface area (Å²) in [7, 11) is 0. The lowest BCUT2D eigenvalue weighted by molar-refractivity contribution is 0.0587. The number of hydrogen-bond acceptors (Lipinski definition) is 4. The van der Waals surface area contributed by atoms with E-state index in [1.807, 2.05) is 32.9 Å². The molecule has 1 unspecified atom stereocenters. The molecule has 0 N–H and O–H groups in total. The second-order valence-electron chi connectivity index (χ2n) is 7.97. The molecule has 1 aliphatic rings. The van der Waals surface area contributed by atoms with Crippen molar-refractivity contribution >= 4 is 22.2 Å². The number of fused-ring (bicyclic) bond motifs is 1. The van der Waals surface area contributed by atoms with Gasteiger partial charge in [-0.3, -0.25) is 13.9 Å². The highest BCUT2D eigenvalue weighted by atomic mass is 32.1. The van der Waals surface area contributed by atoms with Crippen molar-refractivity contribution in [3.8, 4) is 11.3 Å². The minimum absolute atomic E-state index is 0.110. The molecule has 0 radical (unpaired) electrons. The van der Waals surface area contributed by atoms with Gasteiger partial charge in [-0.25, -0.2) is 4.98 Å². The first kappa shape index (κ1) is 19.1. The van der Waals surface area contributed by atoms with E-state index in [2.05, 4.69) is 41.2 Å². The molecular formula is C23H25N5OS. The minimum Gasteiger partial charge on any atom is -0.334 e. The van der Waals surface area contributed by atoms with Crippen LogP contribution in [0.2, 0.25) is 0 Å². The molecule has 1 aliphatic heterocycles. The number of piperidine rings is 1. The van der Waals surface area contributed by atoms with Crippen molar-refractivity contribution in [2.75, 3.05) is 6.54 Å². The van der Waals surface area contributed by atoms with Gasteiger partial charge in [0.2, 0.25) is 0 Å². The van der Waals surface area contributed by atoms with Gasteiger partial charge in [0, 0.05) is 48.7 Å². The van der Waals surface area contributed by atoms with Gasteiger partial charge in [-0.2, -0.15) is 5.10 Å². The third-order valence-electron chi connectivity index (χ3n) is 5.91. The Labute approximate surface area is 179 Å². The Kier molecular flexibility index (Phi) is 5.12. The molecule has 1 atom stereocenters. The molecule has 1 amide bonds. The minimum atomic E-state index is 0.110. The molecule has 30 heavy (non-hydrogen) atoms. The summed E-state index contributed by atoms with van der Waals surface area (Å²) in [5.74, 6) is 0.110. The van der Waals surface area contributed by atoms with Crippen molar-refractivity contribution in [1.29, 1.82) is 0 Å². The molecule has 0 spiro atoms. The standard InChI is InChI=1S/C23H25N5OS/c1-17-6-8-18(9-7-17)20-15-28-21(16-30-23(28)25-20)22(29)27-13-3-2-5-19(27)10-14-26-12-4-11-24-26/h4,6-9,11-12,15-16,19H,2-3,5,10,13-14H2,1H3. The van der Waals surface area contributed by atoms with Gasteiger partial charge in [-0.15, -0.1) is 11.3 Å². The number of amides is 1. The van der Waals surface area contributed by atoms with Crippen LogP contribution in [-0.2, 0) is 6.54 Å². The molecule has 0 aliphatic carbocycles. The fraction of sp³-hybridized carbons (Fsp3) is 0.348. The average molecular weight is 420 g/mol. The summed E-state index contributed by atoms with van der Waals surface area (Å²) in [5.41, 5.74) is 3.92. The van der Waals surface area contributed by atoms with Crippen molar-refractivity contribution in [2.45, 2.75) is 45.2 Å². The van der Waals surface area contributed by atoms with Crippen LogP contribution in [0.15, 0.2) is 54.3 Å². The van der Waals surface area contributed by atoms with Gasteiger partial charge in [-0.05, 0) is 38.7 Å². The number of carbonyl (C=O) groups excluding carboxylic acids is 1. The highest BCUT2D eigenvalue weighted by Crippen LogP contribution is 2.27. The van der Waals surface area contributed by atoms with E-state index in [1.165, 1.54) is 23.3 Å². The number of aryl methyl sites for hydroxylation is 2. The van der Waals surface area contributed by atoms with Gasteiger partial charge in [0.25, 0.3) is 5.91 Å². The van der Waals surface area contributed by atoms with E-state index in [4.69, 9.17) is 4.98 Å².